The van der Waals surface area contributed by atoms with Gasteiger partial charge in [0.05, 0.1) is 19.9 Å². The number of aryl methyl sites for hydroxylation is 1. The molecule has 178 valence electrons. The summed E-state index contributed by atoms with van der Waals surface area (Å²) in [5.74, 6) is 3.59. The fraction of sp³-hybridized carbons (Fsp3) is 0.320. The molecule has 2 aromatic carbocycles. The van der Waals surface area contributed by atoms with Gasteiger partial charge in [-0.1, -0.05) is 0 Å². The van der Waals surface area contributed by atoms with Gasteiger partial charge in [-0.05, 0) is 62.6 Å². The van der Waals surface area contributed by atoms with Crippen molar-refractivity contribution in [3.05, 3.63) is 54.4 Å². The van der Waals surface area contributed by atoms with Crippen LogP contribution in [0.2, 0.25) is 0 Å². The third-order valence-corrected chi connectivity index (χ3v) is 5.57. The lowest BCUT2D eigenvalue weighted by atomic mass is 10.1. The van der Waals surface area contributed by atoms with Crippen molar-refractivity contribution in [3.8, 4) is 11.5 Å². The number of piperidine rings is 1. The van der Waals surface area contributed by atoms with Crippen molar-refractivity contribution in [1.82, 2.24) is 9.97 Å². The number of ether oxygens (including phenoxy) is 2. The van der Waals surface area contributed by atoms with Crippen molar-refractivity contribution < 1.29 is 14.3 Å². The highest BCUT2D eigenvalue weighted by Crippen LogP contribution is 2.29. The van der Waals surface area contributed by atoms with Crippen LogP contribution in [0.1, 0.15) is 25.1 Å². The van der Waals surface area contributed by atoms with Crippen molar-refractivity contribution in [1.29, 1.82) is 0 Å². The van der Waals surface area contributed by atoms with Gasteiger partial charge >= 0.3 is 6.03 Å². The molecule has 2 amide bonds. The number of anilines is 5. The Bertz CT molecular complexity index is 1130. The van der Waals surface area contributed by atoms with Gasteiger partial charge in [0.2, 0.25) is 0 Å². The number of nitrogens with zero attached hydrogens (tertiary/aromatic N) is 3. The van der Waals surface area contributed by atoms with Crippen LogP contribution in [0.3, 0.4) is 0 Å². The van der Waals surface area contributed by atoms with Gasteiger partial charge in [0.25, 0.3) is 0 Å². The van der Waals surface area contributed by atoms with E-state index in [0.29, 0.717) is 22.9 Å². The molecular formula is C25H30N6O3. The second kappa shape index (κ2) is 10.7. The fourth-order valence-electron chi connectivity index (χ4n) is 3.88. The Morgan fingerprint density at radius 3 is 2.32 bits per heavy atom. The van der Waals surface area contributed by atoms with E-state index >= 15 is 0 Å². The molecule has 3 aromatic rings. The summed E-state index contributed by atoms with van der Waals surface area (Å²) in [5, 5.41) is 8.95. The molecule has 0 atom stereocenters. The summed E-state index contributed by atoms with van der Waals surface area (Å²) in [6, 6.07) is 14.2. The molecule has 0 saturated carbocycles. The van der Waals surface area contributed by atoms with Gasteiger partial charge in [-0.3, -0.25) is 0 Å². The van der Waals surface area contributed by atoms with Gasteiger partial charge in [-0.2, -0.15) is 0 Å². The van der Waals surface area contributed by atoms with E-state index in [2.05, 4.69) is 30.8 Å². The molecule has 9 nitrogen and oxygen atoms in total. The van der Waals surface area contributed by atoms with Crippen LogP contribution in [0.15, 0.2) is 48.5 Å². The largest absolute Gasteiger partial charge is 0.497 e. The van der Waals surface area contributed by atoms with Crippen LogP contribution in [0.5, 0.6) is 11.5 Å². The molecule has 4 rings (SSSR count). The molecule has 0 spiro atoms. The SMILES string of the molecule is COc1ccc(OC)c(NC(=O)Nc2ccc(Nc3cc(N4CCCCC4)nc(C)n3)cc2)c1. The number of urea groups is 1. The van der Waals surface area contributed by atoms with Crippen LogP contribution in [0, 0.1) is 6.92 Å². The third-order valence-electron chi connectivity index (χ3n) is 5.57. The summed E-state index contributed by atoms with van der Waals surface area (Å²) in [6.07, 6.45) is 3.66. The molecule has 0 bridgehead atoms. The van der Waals surface area contributed by atoms with Crippen LogP contribution in [-0.4, -0.2) is 43.3 Å². The quantitative estimate of drug-likeness (QED) is 0.445. The molecule has 1 aliphatic rings. The minimum atomic E-state index is -0.384. The molecule has 2 heterocycles. The highest BCUT2D eigenvalue weighted by Gasteiger charge is 2.14. The van der Waals surface area contributed by atoms with Gasteiger partial charge in [-0.25, -0.2) is 14.8 Å². The summed E-state index contributed by atoms with van der Waals surface area (Å²) in [6.45, 7) is 3.96. The van der Waals surface area contributed by atoms with Crippen LogP contribution in [-0.2, 0) is 0 Å². The van der Waals surface area contributed by atoms with Gasteiger partial charge < -0.3 is 30.3 Å². The van der Waals surface area contributed by atoms with E-state index < -0.39 is 0 Å². The minimum absolute atomic E-state index is 0.384. The average molecular weight is 463 g/mol. The van der Waals surface area contributed by atoms with Crippen LogP contribution in [0.25, 0.3) is 0 Å². The lowest BCUT2D eigenvalue weighted by Crippen LogP contribution is -2.30. The molecule has 1 aromatic heterocycles. The fourth-order valence-corrected chi connectivity index (χ4v) is 3.88. The first-order valence-corrected chi connectivity index (χ1v) is 11.3. The standard InChI is InChI=1S/C25H30N6O3/c1-17-26-23(16-24(27-17)31-13-5-4-6-14-31)28-18-7-9-19(10-8-18)29-25(32)30-21-15-20(33-2)11-12-22(21)34-3/h7-12,15-16H,4-6,13-14H2,1-3H3,(H,26,27,28)(H2,29,30,32). The molecule has 0 aliphatic carbocycles. The Morgan fingerprint density at radius 2 is 1.62 bits per heavy atom. The lowest BCUT2D eigenvalue weighted by Gasteiger charge is -2.28. The maximum absolute atomic E-state index is 12.5. The molecule has 1 aliphatic heterocycles. The van der Waals surface area contributed by atoms with Crippen molar-refractivity contribution in [2.75, 3.05) is 48.2 Å². The number of rotatable bonds is 7. The average Bonchev–Trinajstić information content (AvgIpc) is 2.85. The summed E-state index contributed by atoms with van der Waals surface area (Å²) in [4.78, 5) is 23.9. The van der Waals surface area contributed by atoms with Crippen LogP contribution in [0.4, 0.5) is 33.5 Å². The highest BCUT2D eigenvalue weighted by molar-refractivity contribution is 6.00. The first-order chi connectivity index (χ1) is 16.5. The number of carbonyl (C=O) groups excluding carboxylic acids is 1. The first-order valence-electron chi connectivity index (χ1n) is 11.3. The predicted molar refractivity (Wildman–Crippen MR) is 135 cm³/mol. The van der Waals surface area contributed by atoms with E-state index in [1.807, 2.05) is 37.3 Å². The molecule has 1 fully saturated rings. The maximum Gasteiger partial charge on any atom is 0.323 e. The molecule has 0 unspecified atom stereocenters. The Morgan fingerprint density at radius 1 is 0.882 bits per heavy atom. The highest BCUT2D eigenvalue weighted by atomic mass is 16.5. The number of hydrogen-bond donors (Lipinski definition) is 3. The zero-order valence-electron chi connectivity index (χ0n) is 19.7. The van der Waals surface area contributed by atoms with E-state index in [9.17, 15) is 4.79 Å². The van der Waals surface area contributed by atoms with Crippen molar-refractivity contribution in [2.45, 2.75) is 26.2 Å². The Hall–Kier alpha value is -4.01. The van der Waals surface area contributed by atoms with Crippen LogP contribution >= 0.6 is 0 Å². The molecule has 3 N–H and O–H groups in total. The van der Waals surface area contributed by atoms with E-state index in [1.165, 1.54) is 19.3 Å². The Labute approximate surface area is 199 Å². The predicted octanol–water partition coefficient (Wildman–Crippen LogP) is 5.18. The van der Waals surface area contributed by atoms with E-state index in [1.54, 1.807) is 32.4 Å². The second-order valence-corrected chi connectivity index (χ2v) is 8.05. The van der Waals surface area contributed by atoms with Crippen LogP contribution < -0.4 is 30.3 Å². The summed E-state index contributed by atoms with van der Waals surface area (Å²) >= 11 is 0. The molecule has 9 heteroatoms. The van der Waals surface area contributed by atoms with Gasteiger partial charge in [0.1, 0.15) is 29.0 Å². The number of benzene rings is 2. The molecule has 1 saturated heterocycles. The topological polar surface area (TPSA) is 101 Å². The summed E-state index contributed by atoms with van der Waals surface area (Å²) in [7, 11) is 3.11. The number of hydrogen-bond acceptors (Lipinski definition) is 7. The van der Waals surface area contributed by atoms with Gasteiger partial charge in [0.15, 0.2) is 0 Å². The number of aromatic nitrogens is 2. The maximum atomic E-state index is 12.5. The third kappa shape index (κ3) is 5.86. The Balaban J connectivity index is 1.39. The number of nitrogens with one attached hydrogen (secondary N) is 3. The summed E-state index contributed by atoms with van der Waals surface area (Å²) in [5.41, 5.74) is 2.03. The molecular weight excluding hydrogens is 432 g/mol. The first kappa shape index (κ1) is 23.2. The molecule has 34 heavy (non-hydrogen) atoms. The monoisotopic (exact) mass is 462 g/mol. The zero-order valence-corrected chi connectivity index (χ0v) is 19.7. The number of methoxy groups -OCH3 is 2. The normalized spacial score (nSPS) is 13.2. The second-order valence-electron chi connectivity index (χ2n) is 8.05. The zero-order chi connectivity index (χ0) is 23.9. The smallest absolute Gasteiger partial charge is 0.323 e. The number of amides is 2. The van der Waals surface area contributed by atoms with Crippen molar-refractivity contribution >= 4 is 34.7 Å². The lowest BCUT2D eigenvalue weighted by molar-refractivity contribution is 0.262. The van der Waals surface area contributed by atoms with Gasteiger partial charge in [0, 0.05) is 36.6 Å². The van der Waals surface area contributed by atoms with Gasteiger partial charge in [-0.15, -0.1) is 0 Å². The van der Waals surface area contributed by atoms with Crippen molar-refractivity contribution in [2.24, 2.45) is 0 Å². The van der Waals surface area contributed by atoms with E-state index in [-0.39, 0.29) is 6.03 Å². The Kier molecular flexibility index (Phi) is 7.31. The summed E-state index contributed by atoms with van der Waals surface area (Å²) < 4.78 is 10.5. The van der Waals surface area contributed by atoms with E-state index in [4.69, 9.17) is 9.47 Å². The molecule has 0 radical (unpaired) electrons. The van der Waals surface area contributed by atoms with E-state index in [0.717, 1.165) is 36.2 Å². The minimum Gasteiger partial charge on any atom is -0.497 e. The number of carbonyl (C=O) groups is 1. The van der Waals surface area contributed by atoms with Crippen molar-refractivity contribution in [3.63, 3.8) is 0 Å².